The van der Waals surface area contributed by atoms with Crippen LogP contribution in [0.25, 0.3) is 0 Å². The lowest BCUT2D eigenvalue weighted by Gasteiger charge is -2.04. The van der Waals surface area contributed by atoms with Crippen molar-refractivity contribution in [1.82, 2.24) is 0 Å². The Bertz CT molecular complexity index is 203. The van der Waals surface area contributed by atoms with E-state index in [1.807, 2.05) is 0 Å². The number of aryl methyl sites for hydroxylation is 2. The third-order valence-corrected chi connectivity index (χ3v) is 2.11. The van der Waals surface area contributed by atoms with E-state index in [4.69, 9.17) is 0 Å². The van der Waals surface area contributed by atoms with Crippen LogP contribution in [0.2, 0.25) is 0 Å². The predicted octanol–water partition coefficient (Wildman–Crippen LogP) is -1.18. The number of benzene rings is 1. The van der Waals surface area contributed by atoms with Gasteiger partial charge in [0.1, 0.15) is 15.7 Å². The van der Waals surface area contributed by atoms with Crippen molar-refractivity contribution in [2.24, 2.45) is 0 Å². The van der Waals surface area contributed by atoms with Crippen molar-refractivity contribution in [2.45, 2.75) is 13.8 Å². The number of hydrogen-bond acceptors (Lipinski definition) is 0. The molecule has 0 bridgehead atoms. The highest BCUT2D eigenvalue weighted by molar-refractivity contribution is 6.37. The van der Waals surface area contributed by atoms with Crippen molar-refractivity contribution in [1.29, 1.82) is 0 Å². The summed E-state index contributed by atoms with van der Waals surface area (Å²) in [4.78, 5) is 0. The monoisotopic (exact) mass is 130 g/mol. The molecule has 0 amide bonds. The van der Waals surface area contributed by atoms with Gasteiger partial charge in [0.15, 0.2) is 0 Å². The van der Waals surface area contributed by atoms with E-state index in [1.54, 1.807) is 0 Å². The maximum absolute atomic E-state index is 2.24. The lowest BCUT2D eigenvalue weighted by atomic mass is 9.82. The van der Waals surface area contributed by atoms with E-state index in [-0.39, 0.29) is 0 Å². The van der Waals surface area contributed by atoms with Gasteiger partial charge in [-0.15, -0.1) is 0 Å². The van der Waals surface area contributed by atoms with Gasteiger partial charge >= 0.3 is 0 Å². The van der Waals surface area contributed by atoms with E-state index >= 15 is 0 Å². The lowest BCUT2D eigenvalue weighted by Crippen LogP contribution is -2.16. The van der Waals surface area contributed by atoms with Crippen LogP contribution in [0.4, 0.5) is 0 Å². The van der Waals surface area contributed by atoms with Crippen molar-refractivity contribution < 1.29 is 0 Å². The topological polar surface area (TPSA) is 0 Å². The highest BCUT2D eigenvalue weighted by atomic mass is 13.9. The van der Waals surface area contributed by atoms with Gasteiger partial charge in [-0.2, -0.15) is 0 Å². The van der Waals surface area contributed by atoms with Crippen LogP contribution in [-0.4, -0.2) is 15.7 Å². The molecule has 1 rings (SSSR count). The van der Waals surface area contributed by atoms with E-state index in [0.717, 1.165) is 0 Å². The molecule has 0 aliphatic carbocycles. The Morgan fingerprint density at radius 1 is 0.900 bits per heavy atom. The second kappa shape index (κ2) is 2.53. The van der Waals surface area contributed by atoms with Crippen molar-refractivity contribution in [2.75, 3.05) is 0 Å². The Balaban J connectivity index is 3.28. The van der Waals surface area contributed by atoms with Gasteiger partial charge in [0.05, 0.1) is 0 Å². The van der Waals surface area contributed by atoms with Gasteiger partial charge < -0.3 is 0 Å². The van der Waals surface area contributed by atoms with Crippen LogP contribution >= 0.6 is 0 Å². The highest BCUT2D eigenvalue weighted by Crippen LogP contribution is 1.93. The van der Waals surface area contributed by atoms with E-state index in [0.29, 0.717) is 0 Å². The first-order valence-corrected chi connectivity index (χ1v) is 3.65. The van der Waals surface area contributed by atoms with Gasteiger partial charge in [-0.05, 0) is 13.8 Å². The molecule has 0 unspecified atom stereocenters. The van der Waals surface area contributed by atoms with Crippen LogP contribution in [0.5, 0.6) is 0 Å². The Morgan fingerprint density at radius 3 is 1.50 bits per heavy atom. The molecule has 0 N–H and O–H groups in total. The molecule has 10 heavy (non-hydrogen) atoms. The maximum Gasteiger partial charge on any atom is 0.139 e. The molecule has 2 heteroatoms. The first kappa shape index (κ1) is 7.46. The van der Waals surface area contributed by atoms with Crippen molar-refractivity contribution in [3.05, 3.63) is 23.3 Å². The van der Waals surface area contributed by atoms with Crippen LogP contribution in [-0.2, 0) is 0 Å². The third kappa shape index (κ3) is 1.26. The Morgan fingerprint density at radius 2 is 1.20 bits per heavy atom. The molecule has 0 aromatic heterocycles. The average Bonchev–Trinajstić information content (AvgIpc) is 1.84. The molecule has 0 saturated heterocycles. The van der Waals surface area contributed by atoms with Crippen molar-refractivity contribution >= 4 is 26.6 Å². The minimum atomic E-state index is 1.39. The molecule has 0 saturated carbocycles. The second-order valence-corrected chi connectivity index (χ2v) is 3.02. The van der Waals surface area contributed by atoms with Crippen LogP contribution in [0.1, 0.15) is 11.1 Å². The fourth-order valence-corrected chi connectivity index (χ4v) is 1.10. The minimum absolute atomic E-state index is 1.39. The molecular weight excluding hydrogens is 118 g/mol. The van der Waals surface area contributed by atoms with Crippen LogP contribution in [0.15, 0.2) is 12.1 Å². The van der Waals surface area contributed by atoms with Crippen molar-refractivity contribution in [3.63, 3.8) is 0 Å². The molecule has 1 aromatic rings. The quantitative estimate of drug-likeness (QED) is 0.387. The highest BCUT2D eigenvalue weighted by Gasteiger charge is 1.95. The summed E-state index contributed by atoms with van der Waals surface area (Å²) >= 11 is 0. The van der Waals surface area contributed by atoms with E-state index in [2.05, 4.69) is 41.7 Å². The molecule has 0 heterocycles. The Labute approximate surface area is 64.5 Å². The summed E-state index contributed by atoms with van der Waals surface area (Å²) in [5.74, 6) is 0. The molecule has 0 aliphatic heterocycles. The van der Waals surface area contributed by atoms with Gasteiger partial charge in [0.25, 0.3) is 0 Å². The largest absolute Gasteiger partial charge is 0.139 e. The summed E-state index contributed by atoms with van der Waals surface area (Å²) in [5, 5.41) is 0. The van der Waals surface area contributed by atoms with Crippen LogP contribution < -0.4 is 10.9 Å². The zero-order valence-electron chi connectivity index (χ0n) is 7.15. The Kier molecular flexibility index (Phi) is 1.89. The lowest BCUT2D eigenvalue weighted by molar-refractivity contribution is 1.47. The fourth-order valence-electron chi connectivity index (χ4n) is 1.10. The zero-order chi connectivity index (χ0) is 7.72. The predicted molar refractivity (Wildman–Crippen MR) is 52.3 cm³/mol. The standard InChI is InChI=1S/C8H12B2/c1-5-3-8(10)6(2)4-7(5)9/h3-4H,9-10H2,1-2H3. The van der Waals surface area contributed by atoms with Gasteiger partial charge in [-0.25, -0.2) is 0 Å². The molecule has 1 aromatic carbocycles. The van der Waals surface area contributed by atoms with Gasteiger partial charge in [-0.3, -0.25) is 0 Å². The fraction of sp³-hybridized carbons (Fsp3) is 0.250. The summed E-state index contributed by atoms with van der Waals surface area (Å²) in [6, 6.07) is 4.48. The van der Waals surface area contributed by atoms with E-state index in [9.17, 15) is 0 Å². The molecule has 0 nitrogen and oxygen atoms in total. The molecular formula is C8H12B2. The molecule has 0 fully saturated rings. The molecule has 0 aliphatic rings. The summed E-state index contributed by atoms with van der Waals surface area (Å²) < 4.78 is 0. The maximum atomic E-state index is 2.24. The molecule has 0 atom stereocenters. The third-order valence-electron chi connectivity index (χ3n) is 2.11. The van der Waals surface area contributed by atoms with Crippen LogP contribution in [0, 0.1) is 13.8 Å². The zero-order valence-corrected chi connectivity index (χ0v) is 7.15. The molecule has 0 spiro atoms. The van der Waals surface area contributed by atoms with Gasteiger partial charge in [-0.1, -0.05) is 34.2 Å². The smallest absolute Gasteiger partial charge is 0.0859 e. The first-order chi connectivity index (χ1) is 4.61. The summed E-state index contributed by atoms with van der Waals surface area (Å²) in [7, 11) is 4.31. The summed E-state index contributed by atoms with van der Waals surface area (Å²) in [5.41, 5.74) is 5.57. The number of rotatable bonds is 0. The van der Waals surface area contributed by atoms with Gasteiger partial charge in [0, 0.05) is 0 Å². The Hall–Kier alpha value is -0.650. The summed E-state index contributed by atoms with van der Waals surface area (Å²) in [6.45, 7) is 4.31. The van der Waals surface area contributed by atoms with E-state index < -0.39 is 0 Å². The minimum Gasteiger partial charge on any atom is -0.0859 e. The number of hydrogen-bond donors (Lipinski definition) is 0. The average molecular weight is 130 g/mol. The van der Waals surface area contributed by atoms with E-state index in [1.165, 1.54) is 22.1 Å². The van der Waals surface area contributed by atoms with Crippen LogP contribution in [0.3, 0.4) is 0 Å². The second-order valence-electron chi connectivity index (χ2n) is 3.02. The van der Waals surface area contributed by atoms with Crippen molar-refractivity contribution in [3.8, 4) is 0 Å². The SMILES string of the molecule is Bc1cc(C)c(B)cc1C. The summed E-state index contributed by atoms with van der Waals surface area (Å²) in [6.07, 6.45) is 0. The normalized spacial score (nSPS) is 9.80. The van der Waals surface area contributed by atoms with Gasteiger partial charge in [0.2, 0.25) is 0 Å². The first-order valence-electron chi connectivity index (χ1n) is 3.65. The molecule has 50 valence electrons. The molecule has 0 radical (unpaired) electrons.